The van der Waals surface area contributed by atoms with E-state index >= 15 is 0 Å². The second-order valence-corrected chi connectivity index (χ2v) is 12.1. The van der Waals surface area contributed by atoms with E-state index < -0.39 is 17.4 Å². The molecule has 1 aliphatic heterocycles. The molecular weight excluding hydrogens is 554 g/mol. The normalized spacial score (nSPS) is 16.5. The highest BCUT2D eigenvalue weighted by Gasteiger charge is 2.43. The Bertz CT molecular complexity index is 1510. The first-order valence-corrected chi connectivity index (χ1v) is 16.0. The molecule has 0 fully saturated rings. The minimum absolute atomic E-state index is 0.284. The van der Waals surface area contributed by atoms with Crippen molar-refractivity contribution in [1.82, 2.24) is 9.97 Å². The molecule has 2 aromatic carbocycles. The average molecular weight is 594 g/mol. The van der Waals surface area contributed by atoms with Crippen molar-refractivity contribution >= 4 is 23.5 Å². The van der Waals surface area contributed by atoms with Crippen LogP contribution < -0.4 is 4.74 Å². The van der Waals surface area contributed by atoms with Gasteiger partial charge in [-0.05, 0) is 72.4 Å². The Hall–Kier alpha value is -4.10. The van der Waals surface area contributed by atoms with Crippen molar-refractivity contribution in [2.45, 2.75) is 70.4 Å². The predicted octanol–water partition coefficient (Wildman–Crippen LogP) is 8.33. The van der Waals surface area contributed by atoms with E-state index in [1.165, 1.54) is 42.6 Å². The van der Waals surface area contributed by atoms with Crippen LogP contribution in [-0.4, -0.2) is 32.8 Å². The van der Waals surface area contributed by atoms with Crippen molar-refractivity contribution in [1.29, 1.82) is 0 Å². The van der Waals surface area contributed by atoms with Gasteiger partial charge in [-0.25, -0.2) is 4.98 Å². The van der Waals surface area contributed by atoms with Crippen LogP contribution in [0.15, 0.2) is 95.5 Å². The maximum Gasteiger partial charge on any atom is 0.309 e. The number of carbonyl (C=O) groups is 1. The molecule has 0 bridgehead atoms. The molecule has 1 N–H and O–H groups in total. The lowest BCUT2D eigenvalue weighted by Crippen LogP contribution is -2.41. The SMILES string of the molecule is CCCC(CCC)c1ccc(COc2ccc(-c3csc(CC(C(=O)O)C4(Cc5ccccn5)C=CC=N4)n3)cc2)cc1. The molecule has 2 unspecified atom stereocenters. The van der Waals surface area contributed by atoms with Crippen LogP contribution in [0.4, 0.5) is 0 Å². The smallest absolute Gasteiger partial charge is 0.309 e. The average Bonchev–Trinajstić information content (AvgIpc) is 3.70. The first kappa shape index (κ1) is 30.4. The van der Waals surface area contributed by atoms with Crippen LogP contribution >= 0.6 is 11.3 Å². The van der Waals surface area contributed by atoms with Crippen molar-refractivity contribution in [3.8, 4) is 17.0 Å². The minimum atomic E-state index is -0.894. The molecule has 0 saturated carbocycles. The van der Waals surface area contributed by atoms with E-state index in [-0.39, 0.29) is 6.42 Å². The Balaban J connectivity index is 1.21. The number of aliphatic imine (C=N–C) groups is 1. The maximum absolute atomic E-state index is 12.5. The molecule has 0 spiro atoms. The zero-order valence-corrected chi connectivity index (χ0v) is 25.7. The van der Waals surface area contributed by atoms with Gasteiger partial charge in [0.25, 0.3) is 0 Å². The van der Waals surface area contributed by atoms with Gasteiger partial charge in [0.15, 0.2) is 0 Å². The summed E-state index contributed by atoms with van der Waals surface area (Å²) in [4.78, 5) is 26.3. The number of aromatic nitrogens is 2. The van der Waals surface area contributed by atoms with Crippen LogP contribution in [0, 0.1) is 5.92 Å². The summed E-state index contributed by atoms with van der Waals surface area (Å²) < 4.78 is 6.07. The monoisotopic (exact) mass is 593 g/mol. The highest BCUT2D eigenvalue weighted by molar-refractivity contribution is 7.10. The molecule has 2 atom stereocenters. The number of carboxylic acids is 1. The van der Waals surface area contributed by atoms with E-state index in [2.05, 4.69) is 48.1 Å². The fourth-order valence-corrected chi connectivity index (χ4v) is 6.65. The van der Waals surface area contributed by atoms with Crippen LogP contribution in [0.25, 0.3) is 11.3 Å². The molecule has 3 heterocycles. The van der Waals surface area contributed by atoms with E-state index in [4.69, 9.17) is 9.72 Å². The lowest BCUT2D eigenvalue weighted by atomic mass is 9.79. The van der Waals surface area contributed by atoms with E-state index in [1.807, 2.05) is 60.0 Å². The minimum Gasteiger partial charge on any atom is -0.489 e. The third-order valence-corrected chi connectivity index (χ3v) is 8.96. The number of hydrogen-bond donors (Lipinski definition) is 1. The summed E-state index contributed by atoms with van der Waals surface area (Å²) in [5.41, 5.74) is 4.28. The van der Waals surface area contributed by atoms with Crippen LogP contribution in [0.1, 0.15) is 67.3 Å². The lowest BCUT2D eigenvalue weighted by Gasteiger charge is -2.30. The predicted molar refractivity (Wildman–Crippen MR) is 174 cm³/mol. The summed E-state index contributed by atoms with van der Waals surface area (Å²) in [5.74, 6) is -0.224. The summed E-state index contributed by atoms with van der Waals surface area (Å²) in [6.45, 7) is 5.02. The highest BCUT2D eigenvalue weighted by Crippen LogP contribution is 2.35. The van der Waals surface area contributed by atoms with Gasteiger partial charge in [-0.2, -0.15) is 0 Å². The summed E-state index contributed by atoms with van der Waals surface area (Å²) in [5, 5.41) is 13.0. The first-order valence-electron chi connectivity index (χ1n) is 15.1. The largest absolute Gasteiger partial charge is 0.489 e. The van der Waals surface area contributed by atoms with Crippen molar-refractivity contribution in [3.05, 3.63) is 112 Å². The molecule has 0 amide bonds. The second-order valence-electron chi connectivity index (χ2n) is 11.2. The van der Waals surface area contributed by atoms with E-state index in [0.717, 1.165) is 33.3 Å². The van der Waals surface area contributed by atoms with Crippen molar-refractivity contribution in [2.24, 2.45) is 10.9 Å². The number of thiazole rings is 1. The fourth-order valence-electron chi connectivity index (χ4n) is 5.80. The molecule has 5 rings (SSSR count). The van der Waals surface area contributed by atoms with E-state index in [1.54, 1.807) is 12.4 Å². The third-order valence-electron chi connectivity index (χ3n) is 8.09. The number of ether oxygens (including phenoxy) is 1. The molecule has 222 valence electrons. The van der Waals surface area contributed by atoms with E-state index in [0.29, 0.717) is 18.9 Å². The molecule has 6 nitrogen and oxygen atoms in total. The summed E-state index contributed by atoms with van der Waals surface area (Å²) in [6, 6.07) is 22.4. The summed E-state index contributed by atoms with van der Waals surface area (Å²) in [7, 11) is 0. The van der Waals surface area contributed by atoms with Crippen molar-refractivity contribution in [2.75, 3.05) is 0 Å². The Kier molecular flexibility index (Phi) is 10.2. The zero-order valence-electron chi connectivity index (χ0n) is 24.9. The molecule has 43 heavy (non-hydrogen) atoms. The Morgan fingerprint density at radius 1 is 1.00 bits per heavy atom. The molecule has 1 aliphatic rings. The fraction of sp³-hybridized carbons (Fsp3) is 0.333. The van der Waals surface area contributed by atoms with Gasteiger partial charge in [-0.15, -0.1) is 11.3 Å². The number of nitrogens with zero attached hydrogens (tertiary/aromatic N) is 3. The Morgan fingerprint density at radius 3 is 2.40 bits per heavy atom. The quantitative estimate of drug-likeness (QED) is 0.150. The topological polar surface area (TPSA) is 84.7 Å². The molecule has 0 saturated heterocycles. The number of aliphatic carboxylic acids is 1. The van der Waals surface area contributed by atoms with Gasteiger partial charge in [0.1, 0.15) is 12.4 Å². The van der Waals surface area contributed by atoms with Gasteiger partial charge >= 0.3 is 5.97 Å². The number of carboxylic acid groups (broad SMARTS) is 1. The van der Waals surface area contributed by atoms with E-state index in [9.17, 15) is 9.90 Å². The van der Waals surface area contributed by atoms with Crippen LogP contribution in [-0.2, 0) is 24.2 Å². The van der Waals surface area contributed by atoms with Gasteiger partial charge in [0.2, 0.25) is 0 Å². The molecule has 4 aromatic rings. The van der Waals surface area contributed by atoms with Crippen molar-refractivity contribution in [3.63, 3.8) is 0 Å². The van der Waals surface area contributed by atoms with Gasteiger partial charge in [-0.1, -0.05) is 63.1 Å². The van der Waals surface area contributed by atoms with Gasteiger partial charge in [0.05, 0.1) is 22.2 Å². The second kappa shape index (κ2) is 14.4. The number of allylic oxidation sites excluding steroid dienone is 1. The standard InChI is InChI=1S/C36H39N3O3S/c1-3-8-27(9-4-2)28-13-11-26(12-14-28)24-42-31-17-15-29(16-18-31)33-25-43-34(39-33)22-32(35(40)41)36(19-7-21-38-36)23-30-10-5-6-20-37-30/h5-7,10-21,25,27,32H,3-4,8-9,22-24H2,1-2H3,(H,40,41). The molecule has 0 radical (unpaired) electrons. The van der Waals surface area contributed by atoms with Crippen LogP contribution in [0.3, 0.4) is 0 Å². The number of rotatable bonds is 15. The zero-order chi connectivity index (χ0) is 30.1. The number of pyridine rings is 1. The molecule has 7 heteroatoms. The van der Waals surface area contributed by atoms with Gasteiger partial charge < -0.3 is 9.84 Å². The third kappa shape index (κ3) is 7.65. The molecular formula is C36H39N3O3S. The van der Waals surface area contributed by atoms with Gasteiger partial charge in [-0.3, -0.25) is 14.8 Å². The summed E-state index contributed by atoms with van der Waals surface area (Å²) in [6.07, 6.45) is 12.7. The maximum atomic E-state index is 12.5. The Labute approximate surface area is 258 Å². The van der Waals surface area contributed by atoms with Crippen molar-refractivity contribution < 1.29 is 14.6 Å². The highest BCUT2D eigenvalue weighted by atomic mass is 32.1. The Morgan fingerprint density at radius 2 is 1.77 bits per heavy atom. The number of hydrogen-bond acceptors (Lipinski definition) is 6. The molecule has 0 aliphatic carbocycles. The number of benzene rings is 2. The van der Waals surface area contributed by atoms with Crippen LogP contribution in [0.2, 0.25) is 0 Å². The molecule has 2 aromatic heterocycles. The lowest BCUT2D eigenvalue weighted by molar-refractivity contribution is -0.143. The summed E-state index contributed by atoms with van der Waals surface area (Å²) >= 11 is 1.48. The van der Waals surface area contributed by atoms with Gasteiger partial charge in [0, 0.05) is 41.9 Å². The van der Waals surface area contributed by atoms with Crippen LogP contribution in [0.5, 0.6) is 5.75 Å². The first-order chi connectivity index (χ1) is 21.0.